The number of rotatable bonds is 7. The fourth-order valence-electron chi connectivity index (χ4n) is 2.58. The van der Waals surface area contributed by atoms with Gasteiger partial charge in [-0.05, 0) is 37.0 Å². The molecular formula is C19H18FNO2. The number of unbranched alkanes of at least 4 members (excludes halogenated alkanes) is 2. The van der Waals surface area contributed by atoms with Crippen LogP contribution in [0, 0.1) is 5.82 Å². The summed E-state index contributed by atoms with van der Waals surface area (Å²) in [6.45, 7) is 0. The van der Waals surface area contributed by atoms with E-state index in [1.54, 1.807) is 12.1 Å². The van der Waals surface area contributed by atoms with Gasteiger partial charge in [0, 0.05) is 6.42 Å². The molecule has 0 atom stereocenters. The molecule has 0 fully saturated rings. The molecule has 1 aromatic heterocycles. The molecule has 0 unspecified atom stereocenters. The largest absolute Gasteiger partial charge is 0.431 e. The van der Waals surface area contributed by atoms with Crippen molar-refractivity contribution in [2.75, 3.05) is 0 Å². The Bertz CT molecular complexity index is 795. The third kappa shape index (κ3) is 3.83. The van der Waals surface area contributed by atoms with Crippen LogP contribution in [0.2, 0.25) is 0 Å². The van der Waals surface area contributed by atoms with Crippen molar-refractivity contribution < 1.29 is 13.6 Å². The van der Waals surface area contributed by atoms with Crippen molar-refractivity contribution in [3.05, 3.63) is 65.8 Å². The van der Waals surface area contributed by atoms with Crippen molar-refractivity contribution in [2.24, 2.45) is 0 Å². The number of nitrogens with zero attached hydrogens (tertiary/aromatic N) is 1. The third-order valence-corrected chi connectivity index (χ3v) is 3.82. The van der Waals surface area contributed by atoms with Crippen LogP contribution in [0.4, 0.5) is 4.39 Å². The molecular weight excluding hydrogens is 293 g/mol. The van der Waals surface area contributed by atoms with Gasteiger partial charge in [0.15, 0.2) is 11.4 Å². The van der Waals surface area contributed by atoms with E-state index in [9.17, 15) is 9.18 Å². The van der Waals surface area contributed by atoms with Gasteiger partial charge in [0.1, 0.15) is 5.52 Å². The number of halogens is 1. The summed E-state index contributed by atoms with van der Waals surface area (Å²) in [5.74, 6) is -0.648. The highest BCUT2D eigenvalue weighted by molar-refractivity contribution is 5.94. The van der Waals surface area contributed by atoms with Gasteiger partial charge < -0.3 is 4.42 Å². The number of carbonyl (C=O) groups excluding carboxylic acids is 1. The summed E-state index contributed by atoms with van der Waals surface area (Å²) < 4.78 is 18.8. The summed E-state index contributed by atoms with van der Waals surface area (Å²) in [6.07, 6.45) is 4.19. The second-order valence-corrected chi connectivity index (χ2v) is 5.58. The summed E-state index contributed by atoms with van der Waals surface area (Å²) in [7, 11) is 0. The van der Waals surface area contributed by atoms with Crippen molar-refractivity contribution in [3.8, 4) is 0 Å². The molecule has 0 aliphatic rings. The van der Waals surface area contributed by atoms with Crippen molar-refractivity contribution >= 4 is 16.9 Å². The number of ketones is 1. The molecule has 0 spiro atoms. The first-order valence-electron chi connectivity index (χ1n) is 7.86. The van der Waals surface area contributed by atoms with E-state index in [2.05, 4.69) is 17.1 Å². The van der Waals surface area contributed by atoms with Gasteiger partial charge >= 0.3 is 0 Å². The average molecular weight is 311 g/mol. The first-order chi connectivity index (χ1) is 11.2. The highest BCUT2D eigenvalue weighted by Crippen LogP contribution is 2.20. The fourth-order valence-corrected chi connectivity index (χ4v) is 2.58. The summed E-state index contributed by atoms with van der Waals surface area (Å²) in [6, 6.07) is 14.8. The summed E-state index contributed by atoms with van der Waals surface area (Å²) >= 11 is 0. The number of hydrogen-bond donors (Lipinski definition) is 0. The van der Waals surface area contributed by atoms with E-state index < -0.39 is 5.82 Å². The zero-order valence-corrected chi connectivity index (χ0v) is 12.8. The minimum Gasteiger partial charge on any atom is -0.431 e. The maximum atomic E-state index is 13.5. The van der Waals surface area contributed by atoms with Crippen LogP contribution in [0.1, 0.15) is 41.9 Å². The van der Waals surface area contributed by atoms with E-state index in [-0.39, 0.29) is 17.3 Å². The molecule has 3 rings (SSSR count). The molecule has 2 aromatic carbocycles. The van der Waals surface area contributed by atoms with Crippen LogP contribution in [-0.4, -0.2) is 10.8 Å². The molecule has 3 aromatic rings. The molecule has 0 bridgehead atoms. The zero-order valence-electron chi connectivity index (χ0n) is 12.8. The van der Waals surface area contributed by atoms with Crippen LogP contribution < -0.4 is 0 Å². The van der Waals surface area contributed by atoms with Gasteiger partial charge in [0.2, 0.25) is 5.78 Å². The number of carbonyl (C=O) groups is 1. The Kier molecular flexibility index (Phi) is 4.81. The number of hydrogen-bond acceptors (Lipinski definition) is 3. The topological polar surface area (TPSA) is 43.1 Å². The molecule has 0 amide bonds. The molecule has 0 N–H and O–H groups in total. The van der Waals surface area contributed by atoms with Gasteiger partial charge in [-0.15, -0.1) is 0 Å². The van der Waals surface area contributed by atoms with E-state index in [4.69, 9.17) is 4.42 Å². The normalized spacial score (nSPS) is 11.0. The van der Waals surface area contributed by atoms with Gasteiger partial charge in [-0.3, -0.25) is 4.79 Å². The molecule has 0 aliphatic heterocycles. The van der Waals surface area contributed by atoms with E-state index >= 15 is 0 Å². The highest BCUT2D eigenvalue weighted by atomic mass is 19.1. The lowest BCUT2D eigenvalue weighted by molar-refractivity contribution is 0.0947. The number of benzene rings is 2. The Morgan fingerprint density at radius 1 is 1.00 bits per heavy atom. The molecule has 3 nitrogen and oxygen atoms in total. The van der Waals surface area contributed by atoms with Crippen LogP contribution in [0.3, 0.4) is 0 Å². The first-order valence-corrected chi connectivity index (χ1v) is 7.86. The second-order valence-electron chi connectivity index (χ2n) is 5.58. The lowest BCUT2D eigenvalue weighted by Gasteiger charge is -2.01. The number of oxazole rings is 1. The number of aryl methyl sites for hydroxylation is 1. The van der Waals surface area contributed by atoms with Crippen LogP contribution in [-0.2, 0) is 6.42 Å². The zero-order chi connectivity index (χ0) is 16.1. The lowest BCUT2D eigenvalue weighted by atomic mass is 10.1. The summed E-state index contributed by atoms with van der Waals surface area (Å²) in [4.78, 5) is 16.1. The number of fused-ring (bicyclic) bond motifs is 1. The molecule has 118 valence electrons. The minimum absolute atomic E-state index is 0.00755. The maximum Gasteiger partial charge on any atom is 0.264 e. The average Bonchev–Trinajstić information content (AvgIpc) is 3.01. The quantitative estimate of drug-likeness (QED) is 0.458. The second kappa shape index (κ2) is 7.18. The summed E-state index contributed by atoms with van der Waals surface area (Å²) in [5, 5.41) is 0. The van der Waals surface area contributed by atoms with Gasteiger partial charge in [-0.25, -0.2) is 9.37 Å². The van der Waals surface area contributed by atoms with Crippen LogP contribution in [0.25, 0.3) is 11.1 Å². The van der Waals surface area contributed by atoms with E-state index in [0.29, 0.717) is 11.9 Å². The Balaban J connectivity index is 1.48. The van der Waals surface area contributed by atoms with Crippen LogP contribution >= 0.6 is 0 Å². The molecule has 4 heteroatoms. The molecule has 0 saturated carbocycles. The fraction of sp³-hybridized carbons (Fsp3) is 0.263. The summed E-state index contributed by atoms with van der Waals surface area (Å²) in [5.41, 5.74) is 1.76. The van der Waals surface area contributed by atoms with Gasteiger partial charge in [-0.2, -0.15) is 0 Å². The molecule has 0 radical (unpaired) electrons. The monoisotopic (exact) mass is 311 g/mol. The van der Waals surface area contributed by atoms with Gasteiger partial charge in [0.25, 0.3) is 5.89 Å². The van der Waals surface area contributed by atoms with E-state index in [1.807, 2.05) is 18.2 Å². The van der Waals surface area contributed by atoms with Gasteiger partial charge in [0.05, 0.1) is 0 Å². The number of para-hydroxylation sites is 1. The van der Waals surface area contributed by atoms with Crippen molar-refractivity contribution in [2.45, 2.75) is 32.1 Å². The minimum atomic E-state index is -0.489. The van der Waals surface area contributed by atoms with E-state index in [0.717, 1.165) is 25.7 Å². The third-order valence-electron chi connectivity index (χ3n) is 3.82. The van der Waals surface area contributed by atoms with Crippen molar-refractivity contribution in [1.82, 2.24) is 4.98 Å². The smallest absolute Gasteiger partial charge is 0.264 e. The van der Waals surface area contributed by atoms with E-state index in [1.165, 1.54) is 11.6 Å². The van der Waals surface area contributed by atoms with Crippen LogP contribution in [0.5, 0.6) is 0 Å². The first kappa shape index (κ1) is 15.4. The van der Waals surface area contributed by atoms with Gasteiger partial charge in [-0.1, -0.05) is 42.8 Å². The highest BCUT2D eigenvalue weighted by Gasteiger charge is 2.15. The predicted octanol–water partition coefficient (Wildman–Crippen LogP) is 4.95. The Labute approximate surface area is 134 Å². The van der Waals surface area contributed by atoms with Crippen molar-refractivity contribution in [3.63, 3.8) is 0 Å². The lowest BCUT2D eigenvalue weighted by Crippen LogP contribution is -1.99. The SMILES string of the molecule is O=C(CCCCCc1ccccc1)c1nc2cccc(F)c2o1. The molecule has 1 heterocycles. The Morgan fingerprint density at radius 2 is 1.83 bits per heavy atom. The Morgan fingerprint density at radius 3 is 2.61 bits per heavy atom. The van der Waals surface area contributed by atoms with Crippen molar-refractivity contribution in [1.29, 1.82) is 0 Å². The molecule has 0 saturated heterocycles. The maximum absolute atomic E-state index is 13.5. The predicted molar refractivity (Wildman–Crippen MR) is 86.9 cm³/mol. The number of Topliss-reactive ketones (excluding diaryl/α,β-unsaturated/α-hetero) is 1. The van der Waals surface area contributed by atoms with Crippen LogP contribution in [0.15, 0.2) is 52.9 Å². The molecule has 0 aliphatic carbocycles. The standard InChI is InChI=1S/C19H18FNO2/c20-15-11-7-12-16-18(15)23-19(21-16)17(22)13-6-2-5-10-14-8-3-1-4-9-14/h1,3-4,7-9,11-12H,2,5-6,10,13H2. The number of aromatic nitrogens is 1. The molecule has 23 heavy (non-hydrogen) atoms. The Hall–Kier alpha value is -2.49.